The Bertz CT molecular complexity index is 276. The fraction of sp³-hybridized carbons (Fsp3) is 0.182. The van der Waals surface area contributed by atoms with Crippen LogP contribution < -0.4 is 0 Å². The van der Waals surface area contributed by atoms with Gasteiger partial charge < -0.3 is 10.2 Å². The molecule has 7 nitrogen and oxygen atoms in total. The Kier molecular flexibility index (Phi) is 19.8. The van der Waals surface area contributed by atoms with Crippen LogP contribution in [0.15, 0.2) is 38.0 Å². The van der Waals surface area contributed by atoms with E-state index in [4.69, 9.17) is 10.2 Å². The van der Waals surface area contributed by atoms with Crippen LogP contribution in [0.2, 0.25) is 0 Å². The van der Waals surface area contributed by atoms with Crippen LogP contribution in [0, 0.1) is 0 Å². The van der Waals surface area contributed by atoms with Crippen LogP contribution in [-0.4, -0.2) is 34.7 Å². The molecule has 2 N–H and O–H groups in total. The van der Waals surface area contributed by atoms with E-state index in [0.29, 0.717) is 6.61 Å². The van der Waals surface area contributed by atoms with E-state index < -0.39 is 17.9 Å². The number of carboxylic acids is 2. The summed E-state index contributed by atoms with van der Waals surface area (Å²) in [6, 6.07) is 0. The summed E-state index contributed by atoms with van der Waals surface area (Å²) in [5.74, 6) is -2.53. The van der Waals surface area contributed by atoms with E-state index in [9.17, 15) is 14.4 Å². The SMILES string of the molecule is C=CC(=O)O.C=CC(=O)O.C=CC(=O)OOCC. The number of carboxylic acid groups (broad SMARTS) is 2. The van der Waals surface area contributed by atoms with E-state index in [1.54, 1.807) is 6.92 Å². The van der Waals surface area contributed by atoms with Crippen LogP contribution in [0.3, 0.4) is 0 Å². The van der Waals surface area contributed by atoms with E-state index in [1.165, 1.54) is 0 Å². The summed E-state index contributed by atoms with van der Waals surface area (Å²) in [5.41, 5.74) is 0. The molecule has 0 rings (SSSR count). The van der Waals surface area contributed by atoms with Crippen molar-refractivity contribution >= 4 is 17.9 Å². The second-order valence-corrected chi connectivity index (χ2v) is 2.10. The maximum absolute atomic E-state index is 10.1. The predicted octanol–water partition coefficient (Wildman–Crippen LogP) is 1.18. The van der Waals surface area contributed by atoms with Gasteiger partial charge in [-0.3, -0.25) is 4.89 Å². The van der Waals surface area contributed by atoms with Gasteiger partial charge in [0.25, 0.3) is 0 Å². The van der Waals surface area contributed by atoms with Crippen molar-refractivity contribution in [1.29, 1.82) is 0 Å². The molecule has 0 bridgehead atoms. The first-order valence-electron chi connectivity index (χ1n) is 4.52. The van der Waals surface area contributed by atoms with Gasteiger partial charge in [-0.05, 0) is 6.92 Å². The topological polar surface area (TPSA) is 110 Å². The minimum absolute atomic E-state index is 0.361. The van der Waals surface area contributed by atoms with Gasteiger partial charge >= 0.3 is 17.9 Å². The lowest BCUT2D eigenvalue weighted by molar-refractivity contribution is -0.264. The first-order valence-corrected chi connectivity index (χ1v) is 4.52. The van der Waals surface area contributed by atoms with Crippen LogP contribution >= 0.6 is 0 Å². The van der Waals surface area contributed by atoms with E-state index in [-0.39, 0.29) is 0 Å². The predicted molar refractivity (Wildman–Crippen MR) is 63.6 cm³/mol. The van der Waals surface area contributed by atoms with Gasteiger partial charge in [-0.1, -0.05) is 19.7 Å². The van der Waals surface area contributed by atoms with Crippen molar-refractivity contribution in [3.8, 4) is 0 Å². The van der Waals surface area contributed by atoms with Crippen molar-refractivity contribution in [2.75, 3.05) is 6.61 Å². The molecule has 0 aliphatic heterocycles. The second kappa shape index (κ2) is 17.0. The van der Waals surface area contributed by atoms with Crippen LogP contribution in [-0.2, 0) is 24.2 Å². The molecular weight excluding hydrogens is 244 g/mol. The number of aliphatic carboxylic acids is 2. The molecule has 7 heteroatoms. The zero-order chi connectivity index (χ0) is 15.0. The molecule has 0 aromatic rings. The molecule has 0 unspecified atom stereocenters. The second-order valence-electron chi connectivity index (χ2n) is 2.10. The van der Waals surface area contributed by atoms with Gasteiger partial charge in [0.15, 0.2) is 0 Å². The summed E-state index contributed by atoms with van der Waals surface area (Å²) in [7, 11) is 0. The van der Waals surface area contributed by atoms with Gasteiger partial charge in [0, 0.05) is 18.2 Å². The molecule has 0 atom stereocenters. The molecule has 0 aromatic carbocycles. The summed E-state index contributed by atoms with van der Waals surface area (Å²) >= 11 is 0. The highest BCUT2D eigenvalue weighted by Gasteiger charge is 1.91. The fourth-order valence-corrected chi connectivity index (χ4v) is 0.151. The first-order chi connectivity index (χ1) is 8.35. The Morgan fingerprint density at radius 2 is 1.33 bits per heavy atom. The van der Waals surface area contributed by atoms with Gasteiger partial charge in [0.1, 0.15) is 0 Å². The Morgan fingerprint density at radius 1 is 1.00 bits per heavy atom. The van der Waals surface area contributed by atoms with Crippen LogP contribution in [0.4, 0.5) is 0 Å². The number of carbonyl (C=O) groups is 3. The first kappa shape index (κ1) is 20.9. The van der Waals surface area contributed by atoms with Crippen molar-refractivity contribution < 1.29 is 34.4 Å². The van der Waals surface area contributed by atoms with E-state index >= 15 is 0 Å². The van der Waals surface area contributed by atoms with Crippen molar-refractivity contribution in [3.05, 3.63) is 38.0 Å². The average molecular weight is 260 g/mol. The van der Waals surface area contributed by atoms with Crippen LogP contribution in [0.1, 0.15) is 6.92 Å². The lowest BCUT2D eigenvalue weighted by Gasteiger charge is -1.93. The fourth-order valence-electron chi connectivity index (χ4n) is 0.151. The molecule has 0 spiro atoms. The van der Waals surface area contributed by atoms with E-state index in [1.807, 2.05) is 0 Å². The molecule has 0 saturated heterocycles. The normalized spacial score (nSPS) is 7.17. The maximum Gasteiger partial charge on any atom is 0.365 e. The van der Waals surface area contributed by atoms with Gasteiger partial charge in [-0.2, -0.15) is 4.89 Å². The largest absolute Gasteiger partial charge is 0.478 e. The zero-order valence-electron chi connectivity index (χ0n) is 10.00. The average Bonchev–Trinajstić information content (AvgIpc) is 2.37. The molecule has 0 saturated carbocycles. The van der Waals surface area contributed by atoms with Gasteiger partial charge in [-0.25, -0.2) is 14.4 Å². The number of rotatable bonds is 5. The Hall–Kier alpha value is -2.41. The molecule has 0 aliphatic rings. The molecular formula is C11H16O7. The summed E-state index contributed by atoms with van der Waals surface area (Å²) in [4.78, 5) is 37.0. The van der Waals surface area contributed by atoms with Crippen LogP contribution in [0.5, 0.6) is 0 Å². The minimum atomic E-state index is -0.981. The maximum atomic E-state index is 10.1. The highest BCUT2D eigenvalue weighted by molar-refractivity contribution is 5.80. The molecule has 102 valence electrons. The highest BCUT2D eigenvalue weighted by Crippen LogP contribution is 1.79. The summed E-state index contributed by atoms with van der Waals surface area (Å²) < 4.78 is 0. The third kappa shape index (κ3) is 37.4. The monoisotopic (exact) mass is 260 g/mol. The van der Waals surface area contributed by atoms with Crippen molar-refractivity contribution in [3.63, 3.8) is 0 Å². The highest BCUT2D eigenvalue weighted by atomic mass is 17.2. The summed E-state index contributed by atoms with van der Waals surface area (Å²) in [5, 5.41) is 15.2. The standard InChI is InChI=1S/C5H8O3.2C3H4O2/c1-3-5(6)8-7-4-2;2*1-2-3(4)5/h3H,1,4H2,2H3;2*2H,1H2,(H,4,5). The third-order valence-corrected chi connectivity index (χ3v) is 0.775. The van der Waals surface area contributed by atoms with E-state index in [2.05, 4.69) is 29.5 Å². The summed E-state index contributed by atoms with van der Waals surface area (Å²) in [6.45, 7) is 11.2. The molecule has 0 amide bonds. The molecule has 0 heterocycles. The summed E-state index contributed by atoms with van der Waals surface area (Å²) in [6.07, 6.45) is 2.70. The molecule has 0 aliphatic carbocycles. The Balaban J connectivity index is -0.000000197. The van der Waals surface area contributed by atoms with Gasteiger partial charge in [0.05, 0.1) is 6.61 Å². The Morgan fingerprint density at radius 3 is 1.50 bits per heavy atom. The smallest absolute Gasteiger partial charge is 0.365 e. The lowest BCUT2D eigenvalue weighted by Crippen LogP contribution is -2.00. The van der Waals surface area contributed by atoms with Crippen LogP contribution in [0.25, 0.3) is 0 Å². The minimum Gasteiger partial charge on any atom is -0.478 e. The Labute approximate surface area is 105 Å². The van der Waals surface area contributed by atoms with Crippen molar-refractivity contribution in [1.82, 2.24) is 0 Å². The van der Waals surface area contributed by atoms with Gasteiger partial charge in [0.2, 0.25) is 0 Å². The zero-order valence-corrected chi connectivity index (χ0v) is 10.00. The number of hydrogen-bond donors (Lipinski definition) is 2. The lowest BCUT2D eigenvalue weighted by atomic mass is 10.7. The van der Waals surface area contributed by atoms with E-state index in [0.717, 1.165) is 18.2 Å². The van der Waals surface area contributed by atoms with Crippen molar-refractivity contribution in [2.24, 2.45) is 0 Å². The molecule has 0 aromatic heterocycles. The molecule has 0 radical (unpaired) electrons. The molecule has 0 fully saturated rings. The molecule has 18 heavy (non-hydrogen) atoms. The third-order valence-electron chi connectivity index (χ3n) is 0.775. The number of carbonyl (C=O) groups excluding carboxylic acids is 1. The van der Waals surface area contributed by atoms with Crippen molar-refractivity contribution in [2.45, 2.75) is 6.92 Å². The van der Waals surface area contributed by atoms with Gasteiger partial charge in [-0.15, -0.1) is 0 Å². The number of hydrogen-bond acceptors (Lipinski definition) is 5. The quantitative estimate of drug-likeness (QED) is 0.433.